The monoisotopic (exact) mass is 321 g/mol. The highest BCUT2D eigenvalue weighted by Gasteiger charge is 2.24. The zero-order chi connectivity index (χ0) is 14.2. The Labute approximate surface area is 122 Å². The van der Waals surface area contributed by atoms with E-state index in [0.717, 1.165) is 10.2 Å². The van der Waals surface area contributed by atoms with Crippen LogP contribution in [-0.4, -0.2) is 15.8 Å². The van der Waals surface area contributed by atoms with Gasteiger partial charge in [0.1, 0.15) is 0 Å². The summed E-state index contributed by atoms with van der Waals surface area (Å²) in [6, 6.07) is 8.22. The number of halogens is 1. The highest BCUT2D eigenvalue weighted by atomic mass is 79.9. The number of benzene rings is 1. The number of aryl methyl sites for hydroxylation is 1. The van der Waals surface area contributed by atoms with Crippen molar-refractivity contribution in [2.75, 3.05) is 0 Å². The van der Waals surface area contributed by atoms with Crippen LogP contribution in [0, 0.1) is 20.8 Å². The average molecular weight is 322 g/mol. The summed E-state index contributed by atoms with van der Waals surface area (Å²) < 4.78 is 3.12. The molecule has 0 radical (unpaired) electrons. The zero-order valence-corrected chi connectivity index (χ0v) is 13.4. The van der Waals surface area contributed by atoms with Gasteiger partial charge in [0, 0.05) is 16.2 Å². The SMILES string of the molecule is Cc1nn(C(c2ccccc2Br)C(C)N)c(C)c1C. The van der Waals surface area contributed by atoms with Gasteiger partial charge in [0.2, 0.25) is 0 Å². The lowest BCUT2D eigenvalue weighted by Gasteiger charge is -2.24. The zero-order valence-electron chi connectivity index (χ0n) is 11.8. The second kappa shape index (κ2) is 5.47. The van der Waals surface area contributed by atoms with Crippen molar-refractivity contribution in [1.29, 1.82) is 0 Å². The van der Waals surface area contributed by atoms with Crippen LogP contribution in [0.3, 0.4) is 0 Å². The van der Waals surface area contributed by atoms with Crippen molar-refractivity contribution in [3.05, 3.63) is 51.3 Å². The minimum Gasteiger partial charge on any atom is -0.326 e. The number of hydrogen-bond acceptors (Lipinski definition) is 2. The molecule has 1 aromatic carbocycles. The van der Waals surface area contributed by atoms with Gasteiger partial charge in [-0.15, -0.1) is 0 Å². The second-order valence-electron chi connectivity index (χ2n) is 5.07. The van der Waals surface area contributed by atoms with E-state index < -0.39 is 0 Å². The van der Waals surface area contributed by atoms with Gasteiger partial charge in [0.25, 0.3) is 0 Å². The van der Waals surface area contributed by atoms with Gasteiger partial charge < -0.3 is 5.73 Å². The van der Waals surface area contributed by atoms with Crippen LogP contribution >= 0.6 is 15.9 Å². The molecule has 0 aliphatic rings. The Kier molecular flexibility index (Phi) is 4.11. The Morgan fingerprint density at radius 1 is 1.21 bits per heavy atom. The van der Waals surface area contributed by atoms with E-state index in [1.807, 2.05) is 32.0 Å². The highest BCUT2D eigenvalue weighted by Crippen LogP contribution is 2.30. The van der Waals surface area contributed by atoms with Crippen LogP contribution < -0.4 is 5.73 Å². The molecule has 4 heteroatoms. The first-order chi connectivity index (χ1) is 8.93. The van der Waals surface area contributed by atoms with E-state index in [1.165, 1.54) is 16.8 Å². The molecule has 0 aliphatic carbocycles. The van der Waals surface area contributed by atoms with Gasteiger partial charge in [0.05, 0.1) is 11.7 Å². The van der Waals surface area contributed by atoms with Gasteiger partial charge in [0.15, 0.2) is 0 Å². The Balaban J connectivity index is 2.59. The van der Waals surface area contributed by atoms with Crippen molar-refractivity contribution in [3.63, 3.8) is 0 Å². The van der Waals surface area contributed by atoms with Crippen LogP contribution in [-0.2, 0) is 0 Å². The molecule has 2 rings (SSSR count). The molecule has 1 aromatic heterocycles. The van der Waals surface area contributed by atoms with Crippen LogP contribution in [0.1, 0.15) is 35.5 Å². The first-order valence-electron chi connectivity index (χ1n) is 6.45. The third-order valence-corrected chi connectivity index (χ3v) is 4.39. The molecule has 102 valence electrons. The Hall–Kier alpha value is -1.13. The van der Waals surface area contributed by atoms with Crippen molar-refractivity contribution in [3.8, 4) is 0 Å². The van der Waals surface area contributed by atoms with Crippen LogP contribution in [0.5, 0.6) is 0 Å². The molecule has 3 nitrogen and oxygen atoms in total. The fraction of sp³-hybridized carbons (Fsp3) is 0.400. The van der Waals surface area contributed by atoms with Crippen LogP contribution in [0.15, 0.2) is 28.7 Å². The quantitative estimate of drug-likeness (QED) is 0.940. The van der Waals surface area contributed by atoms with E-state index >= 15 is 0 Å². The Bertz CT molecular complexity index is 587. The molecule has 1 heterocycles. The molecular formula is C15H20BrN3. The molecule has 2 atom stereocenters. The molecule has 0 fully saturated rings. The summed E-state index contributed by atoms with van der Waals surface area (Å²) in [6.07, 6.45) is 0. The van der Waals surface area contributed by atoms with E-state index in [4.69, 9.17) is 5.73 Å². The fourth-order valence-electron chi connectivity index (χ4n) is 2.37. The number of nitrogens with zero attached hydrogens (tertiary/aromatic N) is 2. The topological polar surface area (TPSA) is 43.8 Å². The molecule has 0 saturated heterocycles. The fourth-order valence-corrected chi connectivity index (χ4v) is 2.89. The minimum absolute atomic E-state index is 0.0175. The van der Waals surface area contributed by atoms with Crippen LogP contribution in [0.4, 0.5) is 0 Å². The maximum Gasteiger partial charge on any atom is 0.0930 e. The summed E-state index contributed by atoms with van der Waals surface area (Å²) in [7, 11) is 0. The van der Waals surface area contributed by atoms with Crippen LogP contribution in [0.2, 0.25) is 0 Å². The van der Waals surface area contributed by atoms with Crippen molar-refractivity contribution in [2.24, 2.45) is 5.73 Å². The van der Waals surface area contributed by atoms with E-state index in [9.17, 15) is 0 Å². The molecule has 0 amide bonds. The highest BCUT2D eigenvalue weighted by molar-refractivity contribution is 9.10. The summed E-state index contributed by atoms with van der Waals surface area (Å²) in [6.45, 7) is 8.26. The molecule has 0 bridgehead atoms. The van der Waals surface area contributed by atoms with Crippen molar-refractivity contribution in [2.45, 2.75) is 39.8 Å². The van der Waals surface area contributed by atoms with Gasteiger partial charge in [-0.3, -0.25) is 4.68 Å². The summed E-state index contributed by atoms with van der Waals surface area (Å²) in [5.74, 6) is 0. The first kappa shape index (κ1) is 14.3. The number of aromatic nitrogens is 2. The van der Waals surface area contributed by atoms with Crippen LogP contribution in [0.25, 0.3) is 0 Å². The van der Waals surface area contributed by atoms with Gasteiger partial charge in [-0.25, -0.2) is 0 Å². The number of hydrogen-bond donors (Lipinski definition) is 1. The average Bonchev–Trinajstić information content (AvgIpc) is 2.60. The van der Waals surface area contributed by atoms with E-state index in [1.54, 1.807) is 0 Å². The third-order valence-electron chi connectivity index (χ3n) is 3.67. The van der Waals surface area contributed by atoms with Gasteiger partial charge in [-0.05, 0) is 44.9 Å². The number of nitrogens with two attached hydrogens (primary N) is 1. The summed E-state index contributed by atoms with van der Waals surface area (Å²) in [4.78, 5) is 0. The normalized spacial score (nSPS) is 14.4. The molecule has 19 heavy (non-hydrogen) atoms. The molecule has 0 saturated carbocycles. The first-order valence-corrected chi connectivity index (χ1v) is 7.25. The van der Waals surface area contributed by atoms with Crippen molar-refractivity contribution in [1.82, 2.24) is 9.78 Å². The molecule has 0 spiro atoms. The Morgan fingerprint density at radius 2 is 1.84 bits per heavy atom. The van der Waals surface area contributed by atoms with Gasteiger partial charge in [-0.2, -0.15) is 5.10 Å². The molecule has 2 N–H and O–H groups in total. The summed E-state index contributed by atoms with van der Waals surface area (Å²) in [5.41, 5.74) is 10.9. The molecule has 2 unspecified atom stereocenters. The molecule has 2 aromatic rings. The van der Waals surface area contributed by atoms with Crippen molar-refractivity contribution >= 4 is 15.9 Å². The largest absolute Gasteiger partial charge is 0.326 e. The Morgan fingerprint density at radius 3 is 2.32 bits per heavy atom. The van der Waals surface area contributed by atoms with Gasteiger partial charge >= 0.3 is 0 Å². The predicted octanol–water partition coefficient (Wildman–Crippen LogP) is 3.51. The smallest absolute Gasteiger partial charge is 0.0930 e. The lowest BCUT2D eigenvalue weighted by atomic mass is 10.0. The van der Waals surface area contributed by atoms with E-state index in [2.05, 4.69) is 45.6 Å². The lowest BCUT2D eigenvalue weighted by molar-refractivity contribution is 0.442. The minimum atomic E-state index is -0.0175. The standard InChI is InChI=1S/C15H20BrN3/c1-9-11(3)18-19(12(9)4)15(10(2)17)13-7-5-6-8-14(13)16/h5-8,10,15H,17H2,1-4H3. The summed E-state index contributed by atoms with van der Waals surface area (Å²) in [5, 5.41) is 4.66. The molecular weight excluding hydrogens is 302 g/mol. The van der Waals surface area contributed by atoms with Crippen molar-refractivity contribution < 1.29 is 0 Å². The predicted molar refractivity (Wildman–Crippen MR) is 82.4 cm³/mol. The third kappa shape index (κ3) is 2.60. The maximum absolute atomic E-state index is 6.22. The van der Waals surface area contributed by atoms with E-state index in [0.29, 0.717) is 0 Å². The summed E-state index contributed by atoms with van der Waals surface area (Å²) >= 11 is 3.62. The lowest BCUT2D eigenvalue weighted by Crippen LogP contribution is -2.32. The maximum atomic E-state index is 6.22. The van der Waals surface area contributed by atoms with Gasteiger partial charge in [-0.1, -0.05) is 34.1 Å². The van der Waals surface area contributed by atoms with E-state index in [-0.39, 0.29) is 12.1 Å². The second-order valence-corrected chi connectivity index (χ2v) is 5.92. The molecule has 0 aliphatic heterocycles. The number of rotatable bonds is 3.